The Kier molecular flexibility index (Phi) is 6.96. The lowest BCUT2D eigenvalue weighted by Gasteiger charge is -2.40. The van der Waals surface area contributed by atoms with Crippen LogP contribution in [0.25, 0.3) is 10.9 Å². The average Bonchev–Trinajstić information content (AvgIpc) is 2.90. The molecule has 196 valence electrons. The molecule has 0 radical (unpaired) electrons. The van der Waals surface area contributed by atoms with Crippen LogP contribution in [0, 0.1) is 18.6 Å². The number of halogens is 2. The number of fused-ring (bicyclic) bond motifs is 1. The van der Waals surface area contributed by atoms with Crippen LogP contribution in [-0.4, -0.2) is 80.1 Å². The number of morpholine rings is 1. The maximum absolute atomic E-state index is 15.1. The lowest BCUT2D eigenvalue weighted by atomic mass is 10.1. The minimum absolute atomic E-state index is 0.131. The number of anilines is 4. The van der Waals surface area contributed by atoms with Crippen molar-refractivity contribution in [2.45, 2.75) is 19.9 Å². The summed E-state index contributed by atoms with van der Waals surface area (Å²) in [5.74, 6) is -0.785. The van der Waals surface area contributed by atoms with Crippen LogP contribution >= 0.6 is 0 Å². The van der Waals surface area contributed by atoms with Gasteiger partial charge < -0.3 is 29.5 Å². The lowest BCUT2D eigenvalue weighted by molar-refractivity contribution is 0.103. The van der Waals surface area contributed by atoms with Gasteiger partial charge in [-0.25, -0.2) is 18.6 Å². The standard InChI is InChI=1S/C26H30F2N6O3/c1-16-15-33(4-5-34(16)26(35)36-3)25-17(2)24(23-21(28)10-18(27)11-22(23)31-25)30-19-12-20(14-29-13-19)32-6-8-37-9-7-32/h10-14,16H,4-9,15H2,1-3H3,(H,30,31). The minimum atomic E-state index is -0.696. The van der Waals surface area contributed by atoms with Crippen molar-refractivity contribution in [1.29, 1.82) is 0 Å². The maximum Gasteiger partial charge on any atom is 0.409 e. The quantitative estimate of drug-likeness (QED) is 0.560. The normalized spacial score (nSPS) is 18.3. The molecule has 1 amide bonds. The second kappa shape index (κ2) is 10.3. The van der Waals surface area contributed by atoms with E-state index < -0.39 is 11.6 Å². The Morgan fingerprint density at radius 3 is 2.62 bits per heavy atom. The van der Waals surface area contributed by atoms with E-state index in [1.54, 1.807) is 17.3 Å². The monoisotopic (exact) mass is 512 g/mol. The van der Waals surface area contributed by atoms with Gasteiger partial charge in [-0.1, -0.05) is 0 Å². The number of ether oxygens (including phenoxy) is 2. The number of carbonyl (C=O) groups is 1. The van der Waals surface area contributed by atoms with Crippen molar-refractivity contribution in [3.05, 3.63) is 47.8 Å². The fourth-order valence-corrected chi connectivity index (χ4v) is 5.03. The molecule has 11 heteroatoms. The summed E-state index contributed by atoms with van der Waals surface area (Å²) in [7, 11) is 1.36. The average molecular weight is 513 g/mol. The number of nitrogens with zero attached hydrogens (tertiary/aromatic N) is 5. The number of hydrogen-bond acceptors (Lipinski definition) is 8. The molecule has 1 N–H and O–H groups in total. The van der Waals surface area contributed by atoms with Gasteiger partial charge >= 0.3 is 6.09 Å². The first-order chi connectivity index (χ1) is 17.9. The number of piperazine rings is 1. The smallest absolute Gasteiger partial charge is 0.409 e. The third-order valence-electron chi connectivity index (χ3n) is 6.93. The van der Waals surface area contributed by atoms with Gasteiger partial charge in [0.25, 0.3) is 0 Å². The summed E-state index contributed by atoms with van der Waals surface area (Å²) in [4.78, 5) is 27.0. The lowest BCUT2D eigenvalue weighted by Crippen LogP contribution is -2.54. The second-order valence-corrected chi connectivity index (χ2v) is 9.33. The highest BCUT2D eigenvalue weighted by atomic mass is 19.1. The summed E-state index contributed by atoms with van der Waals surface area (Å²) in [5, 5.41) is 3.56. The number of benzene rings is 1. The molecule has 1 aromatic carbocycles. The molecule has 0 spiro atoms. The molecule has 2 fully saturated rings. The van der Waals surface area contributed by atoms with Crippen molar-refractivity contribution in [2.75, 3.05) is 68.2 Å². The van der Waals surface area contributed by atoms with Crippen LogP contribution < -0.4 is 15.1 Å². The van der Waals surface area contributed by atoms with E-state index in [0.717, 1.165) is 24.8 Å². The summed E-state index contributed by atoms with van der Waals surface area (Å²) in [6, 6.07) is 3.94. The zero-order valence-corrected chi connectivity index (χ0v) is 21.1. The molecule has 5 rings (SSSR count). The molecule has 0 saturated carbocycles. The fraction of sp³-hybridized carbons (Fsp3) is 0.423. The number of hydrogen-bond donors (Lipinski definition) is 1. The van der Waals surface area contributed by atoms with Crippen LogP contribution in [-0.2, 0) is 9.47 Å². The van der Waals surface area contributed by atoms with Crippen molar-refractivity contribution in [3.8, 4) is 0 Å². The van der Waals surface area contributed by atoms with Gasteiger partial charge in [-0.05, 0) is 19.9 Å². The Hall–Kier alpha value is -3.73. The minimum Gasteiger partial charge on any atom is -0.453 e. The Morgan fingerprint density at radius 1 is 1.11 bits per heavy atom. The fourth-order valence-electron chi connectivity index (χ4n) is 5.03. The molecular formula is C26H30F2N6O3. The summed E-state index contributed by atoms with van der Waals surface area (Å²) in [6.45, 7) is 8.06. The van der Waals surface area contributed by atoms with Gasteiger partial charge in [0.1, 0.15) is 17.5 Å². The van der Waals surface area contributed by atoms with Gasteiger partial charge in [-0.15, -0.1) is 0 Å². The molecule has 0 bridgehead atoms. The van der Waals surface area contributed by atoms with Gasteiger partial charge in [0.05, 0.1) is 60.7 Å². The van der Waals surface area contributed by atoms with Gasteiger partial charge in [0, 0.05) is 56.5 Å². The molecular weight excluding hydrogens is 482 g/mol. The first-order valence-corrected chi connectivity index (χ1v) is 12.3. The van der Waals surface area contributed by atoms with Gasteiger partial charge in [0.15, 0.2) is 0 Å². The Morgan fingerprint density at radius 2 is 1.89 bits per heavy atom. The molecule has 2 aromatic heterocycles. The Balaban J connectivity index is 1.54. The predicted molar refractivity (Wildman–Crippen MR) is 138 cm³/mol. The van der Waals surface area contributed by atoms with Crippen LogP contribution in [0.2, 0.25) is 0 Å². The SMILES string of the molecule is COC(=O)N1CCN(c2nc3cc(F)cc(F)c3c(Nc3cncc(N4CCOCC4)c3)c2C)CC1C. The first-order valence-electron chi connectivity index (χ1n) is 12.3. The van der Waals surface area contributed by atoms with E-state index in [1.165, 1.54) is 13.2 Å². The molecule has 2 saturated heterocycles. The van der Waals surface area contributed by atoms with Gasteiger partial charge in [-0.2, -0.15) is 0 Å². The molecule has 0 aliphatic carbocycles. The van der Waals surface area contributed by atoms with E-state index in [-0.39, 0.29) is 23.0 Å². The van der Waals surface area contributed by atoms with Crippen molar-refractivity contribution in [3.63, 3.8) is 0 Å². The van der Waals surface area contributed by atoms with E-state index in [9.17, 15) is 9.18 Å². The maximum atomic E-state index is 15.1. The molecule has 37 heavy (non-hydrogen) atoms. The van der Waals surface area contributed by atoms with Crippen molar-refractivity contribution in [2.24, 2.45) is 0 Å². The molecule has 9 nitrogen and oxygen atoms in total. The van der Waals surface area contributed by atoms with Gasteiger partial charge in [-0.3, -0.25) is 4.98 Å². The topological polar surface area (TPSA) is 83.1 Å². The Bertz CT molecular complexity index is 1320. The molecule has 4 heterocycles. The summed E-state index contributed by atoms with van der Waals surface area (Å²) < 4.78 is 39.7. The van der Waals surface area contributed by atoms with Crippen LogP contribution in [0.4, 0.5) is 36.5 Å². The zero-order valence-electron chi connectivity index (χ0n) is 21.1. The van der Waals surface area contributed by atoms with Crippen LogP contribution in [0.5, 0.6) is 0 Å². The van der Waals surface area contributed by atoms with E-state index in [2.05, 4.69) is 20.2 Å². The number of rotatable bonds is 4. The van der Waals surface area contributed by atoms with E-state index in [4.69, 9.17) is 9.47 Å². The third kappa shape index (κ3) is 4.95. The highest BCUT2D eigenvalue weighted by Crippen LogP contribution is 2.37. The Labute approximate surface area is 214 Å². The van der Waals surface area contributed by atoms with Crippen LogP contribution in [0.1, 0.15) is 12.5 Å². The van der Waals surface area contributed by atoms with Crippen molar-refractivity contribution < 1.29 is 23.0 Å². The predicted octanol–water partition coefficient (Wildman–Crippen LogP) is 4.07. The van der Waals surface area contributed by atoms with E-state index in [1.807, 2.05) is 24.8 Å². The highest BCUT2D eigenvalue weighted by Gasteiger charge is 2.30. The van der Waals surface area contributed by atoms with Crippen molar-refractivity contribution in [1.82, 2.24) is 14.9 Å². The number of methoxy groups -OCH3 is 1. The molecule has 2 aliphatic heterocycles. The highest BCUT2D eigenvalue weighted by molar-refractivity contribution is 5.97. The second-order valence-electron chi connectivity index (χ2n) is 9.33. The van der Waals surface area contributed by atoms with Crippen LogP contribution in [0.15, 0.2) is 30.6 Å². The molecule has 2 aliphatic rings. The summed E-state index contributed by atoms with van der Waals surface area (Å²) >= 11 is 0. The van der Waals surface area contributed by atoms with Crippen molar-refractivity contribution >= 4 is 39.9 Å². The zero-order chi connectivity index (χ0) is 26.1. The summed E-state index contributed by atoms with van der Waals surface area (Å²) in [6.07, 6.45) is 3.08. The number of carbonyl (C=O) groups excluding carboxylic acids is 1. The van der Waals surface area contributed by atoms with E-state index >= 15 is 4.39 Å². The number of amides is 1. The summed E-state index contributed by atoms with van der Waals surface area (Å²) in [5.41, 5.74) is 3.04. The largest absolute Gasteiger partial charge is 0.453 e. The molecule has 1 unspecified atom stereocenters. The molecule has 1 atom stereocenters. The first kappa shape index (κ1) is 24.9. The van der Waals surface area contributed by atoms with Crippen LogP contribution in [0.3, 0.4) is 0 Å². The van der Waals surface area contributed by atoms with E-state index in [0.29, 0.717) is 55.6 Å². The molecule has 3 aromatic rings. The third-order valence-corrected chi connectivity index (χ3v) is 6.93. The number of nitrogens with one attached hydrogen (secondary N) is 1. The number of pyridine rings is 2. The van der Waals surface area contributed by atoms with Gasteiger partial charge in [0.2, 0.25) is 0 Å². The number of aromatic nitrogens is 2.